The molecule has 2 fully saturated rings. The molecule has 2 rings (SSSR count). The lowest BCUT2D eigenvalue weighted by Crippen LogP contribution is -2.51. The van der Waals surface area contributed by atoms with Crippen molar-refractivity contribution in [3.63, 3.8) is 0 Å². The Kier molecular flexibility index (Phi) is 8.98. The highest BCUT2D eigenvalue weighted by Crippen LogP contribution is 2.28. The highest BCUT2D eigenvalue weighted by atomic mass is 32.2. The number of hydrogen-bond donors (Lipinski definition) is 2. The molecule has 0 amide bonds. The highest BCUT2D eigenvalue weighted by molar-refractivity contribution is 7.90. The standard InChI is InChI=1S/C17H33F3N6O2S/c1-21-16(22-7-3-4-8-25-13-11-24(2)12-14-25)23-15-5-9-26(10-6-15)29(27,28)17(18,19)20/h15H,3-14H2,1-2H3,(H2,21,22,23). The van der Waals surface area contributed by atoms with E-state index in [1.807, 2.05) is 0 Å². The van der Waals surface area contributed by atoms with Gasteiger partial charge in [0.25, 0.3) is 0 Å². The molecule has 12 heteroatoms. The van der Waals surface area contributed by atoms with Gasteiger partial charge < -0.3 is 20.4 Å². The Hall–Kier alpha value is -1.11. The summed E-state index contributed by atoms with van der Waals surface area (Å²) < 4.78 is 61.4. The summed E-state index contributed by atoms with van der Waals surface area (Å²) in [4.78, 5) is 8.95. The van der Waals surface area contributed by atoms with Crippen molar-refractivity contribution in [3.05, 3.63) is 0 Å². The van der Waals surface area contributed by atoms with Gasteiger partial charge >= 0.3 is 15.5 Å². The zero-order chi connectivity index (χ0) is 21.5. The maximum absolute atomic E-state index is 12.6. The van der Waals surface area contributed by atoms with Crippen molar-refractivity contribution in [3.8, 4) is 0 Å². The minimum Gasteiger partial charge on any atom is -0.356 e. The van der Waals surface area contributed by atoms with E-state index in [2.05, 4.69) is 32.5 Å². The summed E-state index contributed by atoms with van der Waals surface area (Å²) in [7, 11) is -1.46. The number of alkyl halides is 3. The maximum atomic E-state index is 12.6. The van der Waals surface area contributed by atoms with Crippen molar-refractivity contribution < 1.29 is 21.6 Å². The molecule has 2 heterocycles. The maximum Gasteiger partial charge on any atom is 0.511 e. The van der Waals surface area contributed by atoms with Gasteiger partial charge in [-0.25, -0.2) is 8.42 Å². The average Bonchev–Trinajstić information content (AvgIpc) is 2.67. The van der Waals surface area contributed by atoms with E-state index in [9.17, 15) is 21.6 Å². The van der Waals surface area contributed by atoms with E-state index in [4.69, 9.17) is 0 Å². The summed E-state index contributed by atoms with van der Waals surface area (Å²) in [6.45, 7) is 5.97. The fourth-order valence-corrected chi connectivity index (χ4v) is 4.50. The van der Waals surface area contributed by atoms with E-state index in [0.717, 1.165) is 52.1 Å². The van der Waals surface area contributed by atoms with E-state index >= 15 is 0 Å². The molecule has 2 aliphatic heterocycles. The lowest BCUT2D eigenvalue weighted by atomic mass is 10.1. The molecule has 0 radical (unpaired) electrons. The van der Waals surface area contributed by atoms with Gasteiger partial charge in [-0.1, -0.05) is 0 Å². The van der Waals surface area contributed by atoms with Crippen molar-refractivity contribution in [2.24, 2.45) is 4.99 Å². The SMILES string of the molecule is CN=C(NCCCCN1CCN(C)CC1)NC1CCN(S(=O)(=O)C(F)(F)F)CC1. The highest BCUT2D eigenvalue weighted by Gasteiger charge is 2.50. The quantitative estimate of drug-likeness (QED) is 0.340. The third kappa shape index (κ3) is 7.26. The molecule has 170 valence electrons. The van der Waals surface area contributed by atoms with Crippen LogP contribution in [0.15, 0.2) is 4.99 Å². The van der Waals surface area contributed by atoms with Crippen molar-refractivity contribution in [1.29, 1.82) is 0 Å². The molecule has 0 bridgehead atoms. The van der Waals surface area contributed by atoms with Crippen LogP contribution in [-0.4, -0.2) is 106 Å². The number of piperidine rings is 1. The van der Waals surface area contributed by atoms with Crippen molar-refractivity contribution in [2.45, 2.75) is 37.2 Å². The topological polar surface area (TPSA) is 80.3 Å². The lowest BCUT2D eigenvalue weighted by molar-refractivity contribution is -0.0494. The van der Waals surface area contributed by atoms with Crippen molar-refractivity contribution >= 4 is 16.0 Å². The Morgan fingerprint density at radius 3 is 2.24 bits per heavy atom. The molecule has 2 aliphatic rings. The number of nitrogens with one attached hydrogen (secondary N) is 2. The number of piperazine rings is 1. The third-order valence-corrected chi connectivity index (χ3v) is 7.07. The van der Waals surface area contributed by atoms with E-state index in [0.29, 0.717) is 23.1 Å². The molecule has 0 aromatic rings. The van der Waals surface area contributed by atoms with E-state index in [1.165, 1.54) is 0 Å². The number of sulfonamides is 1. The second-order valence-corrected chi connectivity index (χ2v) is 9.55. The van der Waals surface area contributed by atoms with Crippen LogP contribution in [0.5, 0.6) is 0 Å². The zero-order valence-corrected chi connectivity index (χ0v) is 18.0. The first kappa shape index (κ1) is 24.2. The van der Waals surface area contributed by atoms with Crippen LogP contribution in [0.3, 0.4) is 0 Å². The number of unbranched alkanes of at least 4 members (excludes halogenated alkanes) is 1. The van der Waals surface area contributed by atoms with E-state index < -0.39 is 15.5 Å². The third-order valence-electron chi connectivity index (χ3n) is 5.44. The van der Waals surface area contributed by atoms with Crippen LogP contribution in [0.1, 0.15) is 25.7 Å². The van der Waals surface area contributed by atoms with E-state index in [-0.39, 0.29) is 19.1 Å². The van der Waals surface area contributed by atoms with Gasteiger partial charge in [-0.05, 0) is 39.3 Å². The first-order valence-corrected chi connectivity index (χ1v) is 11.5. The number of aliphatic imine (C=N–C) groups is 1. The molecule has 29 heavy (non-hydrogen) atoms. The Labute approximate surface area is 171 Å². The first-order chi connectivity index (χ1) is 13.6. The Morgan fingerprint density at radius 1 is 1.07 bits per heavy atom. The summed E-state index contributed by atoms with van der Waals surface area (Å²) in [5, 5.41) is 6.41. The lowest BCUT2D eigenvalue weighted by Gasteiger charge is -2.32. The van der Waals surface area contributed by atoms with Gasteiger partial charge in [0.15, 0.2) is 5.96 Å². The van der Waals surface area contributed by atoms with Crippen LogP contribution >= 0.6 is 0 Å². The predicted molar refractivity (Wildman–Crippen MR) is 107 cm³/mol. The second-order valence-electron chi connectivity index (χ2n) is 7.62. The minimum absolute atomic E-state index is 0.105. The van der Waals surface area contributed by atoms with Crippen LogP contribution in [0.25, 0.3) is 0 Å². The first-order valence-electron chi connectivity index (χ1n) is 10.1. The number of halogens is 3. The van der Waals surface area contributed by atoms with Gasteiger partial charge in [-0.15, -0.1) is 0 Å². The largest absolute Gasteiger partial charge is 0.511 e. The molecule has 0 saturated carbocycles. The molecule has 2 saturated heterocycles. The van der Waals surface area contributed by atoms with Gasteiger partial charge in [0.2, 0.25) is 0 Å². The summed E-state index contributed by atoms with van der Waals surface area (Å²) in [5.41, 5.74) is -5.24. The summed E-state index contributed by atoms with van der Waals surface area (Å²) in [6.07, 6.45) is 2.69. The Morgan fingerprint density at radius 2 is 1.69 bits per heavy atom. The molecule has 0 spiro atoms. The van der Waals surface area contributed by atoms with Crippen LogP contribution in [0.2, 0.25) is 0 Å². The summed E-state index contributed by atoms with van der Waals surface area (Å²) >= 11 is 0. The summed E-state index contributed by atoms with van der Waals surface area (Å²) in [6, 6.07) is -0.105. The van der Waals surface area contributed by atoms with Crippen LogP contribution in [0.4, 0.5) is 13.2 Å². The number of hydrogen-bond acceptors (Lipinski definition) is 5. The molecule has 0 unspecified atom stereocenters. The van der Waals surface area contributed by atoms with Gasteiger partial charge in [-0.3, -0.25) is 4.99 Å². The fourth-order valence-electron chi connectivity index (χ4n) is 3.51. The van der Waals surface area contributed by atoms with Crippen molar-refractivity contribution in [2.75, 3.05) is 66.5 Å². The smallest absolute Gasteiger partial charge is 0.356 e. The number of rotatable bonds is 7. The predicted octanol–water partition coefficient (Wildman–Crippen LogP) is 0.493. The van der Waals surface area contributed by atoms with Crippen LogP contribution in [-0.2, 0) is 10.0 Å². The zero-order valence-electron chi connectivity index (χ0n) is 17.2. The average molecular weight is 443 g/mol. The van der Waals surface area contributed by atoms with Gasteiger partial charge in [0, 0.05) is 58.9 Å². The van der Waals surface area contributed by atoms with Crippen molar-refractivity contribution in [1.82, 2.24) is 24.7 Å². The summed E-state index contributed by atoms with van der Waals surface area (Å²) in [5.74, 6) is 0.599. The fraction of sp³-hybridized carbons (Fsp3) is 0.941. The second kappa shape index (κ2) is 10.8. The Bertz CT molecular complexity index is 628. The molecular formula is C17H33F3N6O2S. The molecule has 0 atom stereocenters. The van der Waals surface area contributed by atoms with E-state index in [1.54, 1.807) is 7.05 Å². The molecular weight excluding hydrogens is 409 g/mol. The molecule has 0 aromatic heterocycles. The van der Waals surface area contributed by atoms with Gasteiger partial charge in [-0.2, -0.15) is 17.5 Å². The molecule has 2 N–H and O–H groups in total. The number of guanidine groups is 1. The van der Waals surface area contributed by atoms with Crippen LogP contribution in [0, 0.1) is 0 Å². The molecule has 0 aromatic carbocycles. The Balaban J connectivity index is 1.63. The number of nitrogens with zero attached hydrogens (tertiary/aromatic N) is 4. The monoisotopic (exact) mass is 442 g/mol. The van der Waals surface area contributed by atoms with Gasteiger partial charge in [0.1, 0.15) is 0 Å². The normalized spacial score (nSPS) is 22.0. The van der Waals surface area contributed by atoms with Gasteiger partial charge in [0.05, 0.1) is 0 Å². The van der Waals surface area contributed by atoms with Crippen LogP contribution < -0.4 is 10.6 Å². The minimum atomic E-state index is -5.24. The molecule has 8 nitrogen and oxygen atoms in total. The molecule has 0 aliphatic carbocycles. The number of likely N-dealkylation sites (N-methyl/N-ethyl adjacent to an activating group) is 1.